The minimum absolute atomic E-state index is 0.0941. The lowest BCUT2D eigenvalue weighted by Crippen LogP contribution is -2.30. The summed E-state index contributed by atoms with van der Waals surface area (Å²) in [7, 11) is 0. The van der Waals surface area contributed by atoms with Crippen LogP contribution < -0.4 is 0 Å². The van der Waals surface area contributed by atoms with Crippen LogP contribution in [0.3, 0.4) is 0 Å². The highest BCUT2D eigenvalue weighted by Crippen LogP contribution is 2.35. The van der Waals surface area contributed by atoms with Gasteiger partial charge in [-0.25, -0.2) is 0 Å². The molecule has 1 saturated heterocycles. The van der Waals surface area contributed by atoms with Crippen molar-refractivity contribution in [2.24, 2.45) is 0 Å². The van der Waals surface area contributed by atoms with E-state index < -0.39 is 0 Å². The Labute approximate surface area is 118 Å². The molecule has 0 unspecified atom stereocenters. The third kappa shape index (κ3) is 2.12. The maximum absolute atomic E-state index is 12.4. The Balaban J connectivity index is 1.85. The molecule has 5 heteroatoms. The van der Waals surface area contributed by atoms with Crippen molar-refractivity contribution in [1.29, 1.82) is 0 Å². The smallest absolute Gasteiger partial charge is 0.270 e. The fraction of sp³-hybridized carbons (Fsp3) is 0.308. The van der Waals surface area contributed by atoms with E-state index in [1.54, 1.807) is 17.5 Å². The minimum Gasteiger partial charge on any atom is -0.356 e. The molecule has 1 fully saturated rings. The monoisotopic (exact) mass is 324 g/mol. The van der Waals surface area contributed by atoms with Crippen molar-refractivity contribution >= 4 is 33.2 Å². The Kier molecular flexibility index (Phi) is 3.26. The van der Waals surface area contributed by atoms with E-state index in [0.717, 1.165) is 23.9 Å². The largest absolute Gasteiger partial charge is 0.356 e. The molecule has 1 aliphatic rings. The van der Waals surface area contributed by atoms with Crippen molar-refractivity contribution in [3.05, 3.63) is 44.8 Å². The van der Waals surface area contributed by atoms with Gasteiger partial charge in [0.05, 0.1) is 6.04 Å². The highest BCUT2D eigenvalue weighted by atomic mass is 79.9. The van der Waals surface area contributed by atoms with E-state index in [-0.39, 0.29) is 11.9 Å². The van der Waals surface area contributed by atoms with E-state index in [2.05, 4.69) is 32.4 Å². The number of amides is 1. The number of nitrogens with one attached hydrogen (secondary N) is 1. The zero-order valence-electron chi connectivity index (χ0n) is 9.73. The summed E-state index contributed by atoms with van der Waals surface area (Å²) in [5.74, 6) is 0.0941. The lowest BCUT2D eigenvalue weighted by atomic mass is 10.2. The molecular formula is C13H13BrN2OS. The molecule has 1 atom stereocenters. The maximum atomic E-state index is 12.4. The zero-order chi connectivity index (χ0) is 12.5. The van der Waals surface area contributed by atoms with E-state index in [9.17, 15) is 4.79 Å². The molecule has 1 amide bonds. The van der Waals surface area contributed by atoms with Gasteiger partial charge in [0.25, 0.3) is 5.91 Å². The molecule has 3 heterocycles. The second-order valence-electron chi connectivity index (χ2n) is 4.40. The number of rotatable bonds is 2. The Bertz CT molecular complexity index is 549. The van der Waals surface area contributed by atoms with E-state index in [0.29, 0.717) is 5.69 Å². The van der Waals surface area contributed by atoms with Gasteiger partial charge in [-0.3, -0.25) is 4.79 Å². The molecule has 94 valence electrons. The van der Waals surface area contributed by atoms with E-state index in [1.165, 1.54) is 4.88 Å². The maximum Gasteiger partial charge on any atom is 0.270 e. The van der Waals surface area contributed by atoms with Crippen molar-refractivity contribution in [1.82, 2.24) is 9.88 Å². The number of H-pyrrole nitrogens is 1. The van der Waals surface area contributed by atoms with Gasteiger partial charge in [0, 0.05) is 22.1 Å². The van der Waals surface area contributed by atoms with Crippen LogP contribution in [-0.4, -0.2) is 22.3 Å². The van der Waals surface area contributed by atoms with Gasteiger partial charge in [-0.1, -0.05) is 6.07 Å². The predicted octanol–water partition coefficient (Wildman–Crippen LogP) is 3.82. The third-order valence-electron chi connectivity index (χ3n) is 3.26. The zero-order valence-corrected chi connectivity index (χ0v) is 12.1. The lowest BCUT2D eigenvalue weighted by molar-refractivity contribution is 0.0732. The predicted molar refractivity (Wildman–Crippen MR) is 75.8 cm³/mol. The molecule has 2 aromatic rings. The standard InChI is InChI=1S/C13H13BrN2OS/c14-9-7-10(15-8-9)13(17)16-5-1-3-11(16)12-4-2-6-18-12/h2,4,6-8,11,15H,1,3,5H2/t11-/m1/s1. The first-order valence-electron chi connectivity index (χ1n) is 5.94. The van der Waals surface area contributed by atoms with Gasteiger partial charge >= 0.3 is 0 Å². The van der Waals surface area contributed by atoms with E-state index in [4.69, 9.17) is 0 Å². The number of carbonyl (C=O) groups excluding carboxylic acids is 1. The number of aromatic nitrogens is 1. The molecule has 3 rings (SSSR count). The normalized spacial score (nSPS) is 19.4. The highest BCUT2D eigenvalue weighted by molar-refractivity contribution is 9.10. The molecule has 2 aromatic heterocycles. The van der Waals surface area contributed by atoms with Crippen LogP contribution in [0.25, 0.3) is 0 Å². The van der Waals surface area contributed by atoms with Crippen LogP contribution in [-0.2, 0) is 0 Å². The van der Waals surface area contributed by atoms with Crippen LogP contribution in [0.1, 0.15) is 34.2 Å². The van der Waals surface area contributed by atoms with Crippen LogP contribution in [0.5, 0.6) is 0 Å². The van der Waals surface area contributed by atoms with Gasteiger partial charge in [0.15, 0.2) is 0 Å². The molecule has 18 heavy (non-hydrogen) atoms. The van der Waals surface area contributed by atoms with Crippen molar-refractivity contribution in [2.45, 2.75) is 18.9 Å². The Morgan fingerprint density at radius 2 is 2.44 bits per heavy atom. The number of aromatic amines is 1. The molecule has 0 aromatic carbocycles. The van der Waals surface area contributed by atoms with Gasteiger partial charge in [0.2, 0.25) is 0 Å². The topological polar surface area (TPSA) is 36.1 Å². The Hall–Kier alpha value is -1.07. The highest BCUT2D eigenvalue weighted by Gasteiger charge is 2.31. The number of thiophene rings is 1. The summed E-state index contributed by atoms with van der Waals surface area (Å²) < 4.78 is 0.915. The van der Waals surface area contributed by atoms with Crippen LogP contribution in [0.2, 0.25) is 0 Å². The second-order valence-corrected chi connectivity index (χ2v) is 6.30. The summed E-state index contributed by atoms with van der Waals surface area (Å²) in [6.07, 6.45) is 3.94. The molecule has 0 radical (unpaired) electrons. The molecule has 1 N–H and O–H groups in total. The molecular weight excluding hydrogens is 312 g/mol. The van der Waals surface area contributed by atoms with Gasteiger partial charge in [-0.05, 0) is 46.3 Å². The van der Waals surface area contributed by atoms with Gasteiger partial charge in [0.1, 0.15) is 5.69 Å². The Morgan fingerprint density at radius 3 is 3.11 bits per heavy atom. The number of nitrogens with zero attached hydrogens (tertiary/aromatic N) is 1. The van der Waals surface area contributed by atoms with Crippen LogP contribution in [0.4, 0.5) is 0 Å². The van der Waals surface area contributed by atoms with E-state index >= 15 is 0 Å². The van der Waals surface area contributed by atoms with Crippen LogP contribution in [0, 0.1) is 0 Å². The third-order valence-corrected chi connectivity index (χ3v) is 4.69. The van der Waals surface area contributed by atoms with Crippen molar-refractivity contribution in [3.8, 4) is 0 Å². The van der Waals surface area contributed by atoms with Crippen LogP contribution in [0.15, 0.2) is 34.2 Å². The fourth-order valence-corrected chi connectivity index (χ4v) is 3.65. The number of carbonyl (C=O) groups is 1. The molecule has 0 spiro atoms. The first kappa shape index (κ1) is 12.0. The minimum atomic E-state index is 0.0941. The van der Waals surface area contributed by atoms with Crippen LogP contribution >= 0.6 is 27.3 Å². The average molecular weight is 325 g/mol. The first-order chi connectivity index (χ1) is 8.75. The summed E-state index contributed by atoms with van der Waals surface area (Å²) in [5, 5.41) is 2.07. The summed E-state index contributed by atoms with van der Waals surface area (Å²) in [4.78, 5) is 18.7. The molecule has 0 saturated carbocycles. The number of likely N-dealkylation sites (tertiary alicyclic amines) is 1. The number of hydrogen-bond acceptors (Lipinski definition) is 2. The molecule has 0 bridgehead atoms. The summed E-state index contributed by atoms with van der Waals surface area (Å²) in [6, 6.07) is 6.25. The van der Waals surface area contributed by atoms with Crippen molar-refractivity contribution in [3.63, 3.8) is 0 Å². The number of hydrogen-bond donors (Lipinski definition) is 1. The Morgan fingerprint density at radius 1 is 1.56 bits per heavy atom. The van der Waals surface area contributed by atoms with E-state index in [1.807, 2.05) is 17.0 Å². The summed E-state index contributed by atoms with van der Waals surface area (Å²) >= 11 is 5.09. The number of halogens is 1. The fourth-order valence-electron chi connectivity index (χ4n) is 2.43. The molecule has 0 aliphatic carbocycles. The SMILES string of the molecule is O=C(c1cc(Br)c[nH]1)N1CCC[C@@H]1c1cccs1. The quantitative estimate of drug-likeness (QED) is 0.895. The van der Waals surface area contributed by atoms with Gasteiger partial charge < -0.3 is 9.88 Å². The second kappa shape index (κ2) is 4.90. The van der Waals surface area contributed by atoms with Gasteiger partial charge in [-0.2, -0.15) is 0 Å². The van der Waals surface area contributed by atoms with Gasteiger partial charge in [-0.15, -0.1) is 11.3 Å². The lowest BCUT2D eigenvalue weighted by Gasteiger charge is -2.23. The van der Waals surface area contributed by atoms with Crippen molar-refractivity contribution < 1.29 is 4.79 Å². The first-order valence-corrected chi connectivity index (χ1v) is 7.61. The molecule has 1 aliphatic heterocycles. The average Bonchev–Trinajstić information content (AvgIpc) is 3.08. The summed E-state index contributed by atoms with van der Waals surface area (Å²) in [5.41, 5.74) is 0.658. The molecule has 3 nitrogen and oxygen atoms in total. The summed E-state index contributed by atoms with van der Waals surface area (Å²) in [6.45, 7) is 0.845. The van der Waals surface area contributed by atoms with Crippen molar-refractivity contribution in [2.75, 3.05) is 6.54 Å².